The summed E-state index contributed by atoms with van der Waals surface area (Å²) in [6, 6.07) is 10.4. The number of carbonyl (C=O) groups excluding carboxylic acids is 1. The summed E-state index contributed by atoms with van der Waals surface area (Å²) in [6.45, 7) is 1.46. The van der Waals surface area contributed by atoms with E-state index in [9.17, 15) is 9.18 Å². The molecule has 1 saturated heterocycles. The number of nitrogens with one attached hydrogen (secondary N) is 1. The van der Waals surface area contributed by atoms with Crippen molar-refractivity contribution in [2.75, 3.05) is 20.1 Å². The lowest BCUT2D eigenvalue weighted by Crippen LogP contribution is -2.33. The fourth-order valence-corrected chi connectivity index (χ4v) is 2.80. The number of hydrogen-bond acceptors (Lipinski definition) is 2. The van der Waals surface area contributed by atoms with Gasteiger partial charge in [0, 0.05) is 30.1 Å². The molecule has 4 heteroatoms. The highest BCUT2D eigenvalue weighted by molar-refractivity contribution is 6.07. The number of likely N-dealkylation sites (tertiary alicyclic amines) is 1. The SMILES string of the molecule is CNC1CCN(C(=O)c2ccc(F)c3ccccc23)C1. The van der Waals surface area contributed by atoms with Gasteiger partial charge in [0.1, 0.15) is 5.82 Å². The fourth-order valence-electron chi connectivity index (χ4n) is 2.80. The van der Waals surface area contributed by atoms with Crippen molar-refractivity contribution >= 4 is 16.7 Å². The smallest absolute Gasteiger partial charge is 0.254 e. The summed E-state index contributed by atoms with van der Waals surface area (Å²) < 4.78 is 13.8. The van der Waals surface area contributed by atoms with Gasteiger partial charge in [0.15, 0.2) is 0 Å². The van der Waals surface area contributed by atoms with Crippen molar-refractivity contribution in [3.05, 3.63) is 47.8 Å². The maximum absolute atomic E-state index is 13.8. The number of carbonyl (C=O) groups is 1. The van der Waals surface area contributed by atoms with Crippen molar-refractivity contribution in [3.63, 3.8) is 0 Å². The Morgan fingerprint density at radius 1 is 1.25 bits per heavy atom. The summed E-state index contributed by atoms with van der Waals surface area (Å²) in [6.07, 6.45) is 0.960. The molecule has 3 rings (SSSR count). The van der Waals surface area contributed by atoms with Crippen LogP contribution in [0.1, 0.15) is 16.8 Å². The van der Waals surface area contributed by atoms with E-state index in [4.69, 9.17) is 0 Å². The maximum Gasteiger partial charge on any atom is 0.254 e. The third-order valence-corrected chi connectivity index (χ3v) is 3.98. The number of benzene rings is 2. The third kappa shape index (κ3) is 2.16. The van der Waals surface area contributed by atoms with E-state index in [1.54, 1.807) is 24.3 Å². The van der Waals surface area contributed by atoms with Crippen LogP contribution in [0, 0.1) is 5.82 Å². The van der Waals surface area contributed by atoms with Crippen molar-refractivity contribution in [1.29, 1.82) is 0 Å². The molecular weight excluding hydrogens is 255 g/mol. The van der Waals surface area contributed by atoms with Crippen LogP contribution >= 0.6 is 0 Å². The lowest BCUT2D eigenvalue weighted by molar-refractivity contribution is 0.0791. The normalized spacial score (nSPS) is 18.7. The molecule has 1 fully saturated rings. The molecule has 20 heavy (non-hydrogen) atoms. The summed E-state index contributed by atoms with van der Waals surface area (Å²) in [5.74, 6) is -0.300. The molecule has 0 radical (unpaired) electrons. The second kappa shape index (κ2) is 5.21. The van der Waals surface area contributed by atoms with Gasteiger partial charge in [0.2, 0.25) is 0 Å². The molecule has 1 unspecified atom stereocenters. The second-order valence-electron chi connectivity index (χ2n) is 5.17. The first-order valence-corrected chi connectivity index (χ1v) is 6.84. The molecule has 104 valence electrons. The van der Waals surface area contributed by atoms with Gasteiger partial charge in [-0.1, -0.05) is 24.3 Å². The first-order valence-electron chi connectivity index (χ1n) is 6.84. The molecular formula is C16H17FN2O. The number of hydrogen-bond donors (Lipinski definition) is 1. The Bertz CT molecular complexity index is 656. The molecule has 1 atom stereocenters. The number of nitrogens with zero attached hydrogens (tertiary/aromatic N) is 1. The van der Waals surface area contributed by atoms with Gasteiger partial charge in [-0.2, -0.15) is 0 Å². The number of amides is 1. The Balaban J connectivity index is 1.98. The highest BCUT2D eigenvalue weighted by Crippen LogP contribution is 2.24. The minimum absolute atomic E-state index is 0.0149. The maximum atomic E-state index is 13.8. The first kappa shape index (κ1) is 13.1. The van der Waals surface area contributed by atoms with E-state index < -0.39 is 0 Å². The Hall–Kier alpha value is -1.94. The van der Waals surface area contributed by atoms with Crippen LogP contribution in [0.25, 0.3) is 10.8 Å². The monoisotopic (exact) mass is 272 g/mol. The van der Waals surface area contributed by atoms with Crippen molar-refractivity contribution < 1.29 is 9.18 Å². The predicted octanol–water partition coefficient (Wildman–Crippen LogP) is 2.41. The van der Waals surface area contributed by atoms with E-state index in [1.165, 1.54) is 6.07 Å². The highest BCUT2D eigenvalue weighted by Gasteiger charge is 2.26. The van der Waals surface area contributed by atoms with Crippen LogP contribution < -0.4 is 5.32 Å². The number of likely N-dealkylation sites (N-methyl/N-ethyl adjacent to an activating group) is 1. The molecule has 3 nitrogen and oxygen atoms in total. The zero-order chi connectivity index (χ0) is 14.1. The molecule has 1 heterocycles. The van der Waals surface area contributed by atoms with Crippen molar-refractivity contribution in [2.45, 2.75) is 12.5 Å². The quantitative estimate of drug-likeness (QED) is 0.910. The van der Waals surface area contributed by atoms with Crippen LogP contribution in [-0.4, -0.2) is 37.0 Å². The van der Waals surface area contributed by atoms with Crippen molar-refractivity contribution in [1.82, 2.24) is 10.2 Å². The molecule has 0 aromatic heterocycles. The highest BCUT2D eigenvalue weighted by atomic mass is 19.1. The number of halogens is 1. The van der Waals surface area contributed by atoms with Crippen LogP contribution in [0.2, 0.25) is 0 Å². The Morgan fingerprint density at radius 2 is 2.00 bits per heavy atom. The summed E-state index contributed by atoms with van der Waals surface area (Å²) in [4.78, 5) is 14.4. The van der Waals surface area contributed by atoms with Crippen LogP contribution in [0.5, 0.6) is 0 Å². The lowest BCUT2D eigenvalue weighted by atomic mass is 10.0. The number of rotatable bonds is 2. The molecule has 0 bridgehead atoms. The van der Waals surface area contributed by atoms with Gasteiger partial charge < -0.3 is 10.2 Å². The summed E-state index contributed by atoms with van der Waals surface area (Å²) in [5, 5.41) is 4.38. The fraction of sp³-hybridized carbons (Fsp3) is 0.312. The van der Waals surface area contributed by atoms with Crippen molar-refractivity contribution in [2.24, 2.45) is 0 Å². The van der Waals surface area contributed by atoms with Gasteiger partial charge in [-0.25, -0.2) is 4.39 Å². The third-order valence-electron chi connectivity index (χ3n) is 3.98. The molecule has 1 amide bonds. The Morgan fingerprint density at radius 3 is 2.70 bits per heavy atom. The van der Waals surface area contributed by atoms with Crippen LogP contribution in [0.15, 0.2) is 36.4 Å². The van der Waals surface area contributed by atoms with Gasteiger partial charge >= 0.3 is 0 Å². The van der Waals surface area contributed by atoms with E-state index >= 15 is 0 Å². The topological polar surface area (TPSA) is 32.3 Å². The van der Waals surface area contributed by atoms with Gasteiger partial charge in [-0.3, -0.25) is 4.79 Å². The molecule has 2 aromatic carbocycles. The zero-order valence-electron chi connectivity index (χ0n) is 11.4. The molecule has 2 aromatic rings. The van der Waals surface area contributed by atoms with Gasteiger partial charge in [-0.15, -0.1) is 0 Å². The first-order chi connectivity index (χ1) is 9.70. The minimum atomic E-state index is -0.285. The van der Waals surface area contributed by atoms with Crippen LogP contribution in [0.3, 0.4) is 0 Å². The van der Waals surface area contributed by atoms with Gasteiger partial charge in [0.25, 0.3) is 5.91 Å². The summed E-state index contributed by atoms with van der Waals surface area (Å²) >= 11 is 0. The Labute approximate surface area is 117 Å². The second-order valence-corrected chi connectivity index (χ2v) is 5.17. The van der Waals surface area contributed by atoms with Gasteiger partial charge in [-0.05, 0) is 31.0 Å². The van der Waals surface area contributed by atoms with E-state index in [2.05, 4.69) is 5.32 Å². The van der Waals surface area contributed by atoms with E-state index in [0.29, 0.717) is 28.9 Å². The Kier molecular flexibility index (Phi) is 3.40. The largest absolute Gasteiger partial charge is 0.337 e. The predicted molar refractivity (Wildman–Crippen MR) is 77.3 cm³/mol. The van der Waals surface area contributed by atoms with E-state index in [0.717, 1.165) is 13.0 Å². The van der Waals surface area contributed by atoms with Gasteiger partial charge in [0.05, 0.1) is 0 Å². The summed E-state index contributed by atoms with van der Waals surface area (Å²) in [7, 11) is 1.91. The molecule has 1 N–H and O–H groups in total. The lowest BCUT2D eigenvalue weighted by Gasteiger charge is -2.17. The van der Waals surface area contributed by atoms with E-state index in [-0.39, 0.29) is 11.7 Å². The molecule has 0 spiro atoms. The average molecular weight is 272 g/mol. The summed E-state index contributed by atoms with van der Waals surface area (Å²) in [5.41, 5.74) is 0.582. The average Bonchev–Trinajstić information content (AvgIpc) is 2.96. The van der Waals surface area contributed by atoms with Crippen LogP contribution in [-0.2, 0) is 0 Å². The standard InChI is InChI=1S/C16H17FN2O/c1-18-11-8-9-19(10-11)16(20)14-6-7-15(17)13-5-3-2-4-12(13)14/h2-7,11,18H,8-10H2,1H3. The number of fused-ring (bicyclic) bond motifs is 1. The van der Waals surface area contributed by atoms with Crippen LogP contribution in [0.4, 0.5) is 4.39 Å². The molecule has 0 saturated carbocycles. The zero-order valence-corrected chi connectivity index (χ0v) is 11.4. The molecule has 0 aliphatic carbocycles. The molecule has 1 aliphatic heterocycles. The van der Waals surface area contributed by atoms with E-state index in [1.807, 2.05) is 18.0 Å². The minimum Gasteiger partial charge on any atom is -0.337 e. The van der Waals surface area contributed by atoms with Crippen molar-refractivity contribution in [3.8, 4) is 0 Å². The molecule has 1 aliphatic rings.